The number of hydrogen-bond acceptors (Lipinski definition) is 6. The maximum Gasteiger partial charge on any atom is 0.254 e. The summed E-state index contributed by atoms with van der Waals surface area (Å²) in [7, 11) is 0. The highest BCUT2D eigenvalue weighted by Gasteiger charge is 2.42. The van der Waals surface area contributed by atoms with Gasteiger partial charge in [0.1, 0.15) is 0 Å². The van der Waals surface area contributed by atoms with E-state index in [2.05, 4.69) is 15.7 Å². The maximum absolute atomic E-state index is 12.5. The number of carbonyl (C=O) groups is 2. The van der Waals surface area contributed by atoms with Crippen LogP contribution in [-0.2, 0) is 9.59 Å². The maximum atomic E-state index is 12.5. The van der Waals surface area contributed by atoms with Crippen LogP contribution in [-0.4, -0.2) is 75.1 Å². The summed E-state index contributed by atoms with van der Waals surface area (Å²) in [4.78, 5) is 26.5. The van der Waals surface area contributed by atoms with E-state index in [0.29, 0.717) is 24.9 Å². The summed E-state index contributed by atoms with van der Waals surface area (Å²) in [5.41, 5.74) is 1.71. The van der Waals surface area contributed by atoms with Gasteiger partial charge in [0, 0.05) is 38.6 Å². The molecule has 1 aromatic carbocycles. The molecule has 30 heavy (non-hydrogen) atoms. The molecule has 4 rings (SSSR count). The Balaban J connectivity index is 1.32. The SMILES string of the molecule is C[C@@H](NC(=O)[C@H](O)[C@@H](O)C(=O)N1C[C@H]2CNC[C@H]2C1)c1ccc(-n2cccn2)cc1. The van der Waals surface area contributed by atoms with Crippen LogP contribution in [0.25, 0.3) is 5.69 Å². The first kappa shape index (κ1) is 20.5. The van der Waals surface area contributed by atoms with E-state index in [1.54, 1.807) is 22.7 Å². The third-order valence-electron chi connectivity index (χ3n) is 6.04. The van der Waals surface area contributed by atoms with Crippen molar-refractivity contribution in [2.75, 3.05) is 26.2 Å². The number of aliphatic hydroxyl groups is 2. The number of likely N-dealkylation sites (tertiary alicyclic amines) is 1. The average Bonchev–Trinajstić information content (AvgIpc) is 3.49. The third kappa shape index (κ3) is 4.09. The first-order chi connectivity index (χ1) is 14.4. The largest absolute Gasteiger partial charge is 0.380 e. The Labute approximate surface area is 174 Å². The van der Waals surface area contributed by atoms with E-state index in [1.807, 2.05) is 36.5 Å². The Morgan fingerprint density at radius 1 is 1.13 bits per heavy atom. The molecule has 0 radical (unpaired) electrons. The van der Waals surface area contributed by atoms with Gasteiger partial charge in [-0.2, -0.15) is 5.10 Å². The quantitative estimate of drug-likeness (QED) is 0.505. The van der Waals surface area contributed by atoms with Crippen LogP contribution in [0.5, 0.6) is 0 Å². The van der Waals surface area contributed by atoms with Gasteiger partial charge in [-0.05, 0) is 42.5 Å². The summed E-state index contributed by atoms with van der Waals surface area (Å²) in [5, 5.41) is 30.6. The van der Waals surface area contributed by atoms with Crippen LogP contribution in [0, 0.1) is 11.8 Å². The molecule has 0 spiro atoms. The topological polar surface area (TPSA) is 120 Å². The fourth-order valence-corrected chi connectivity index (χ4v) is 4.22. The summed E-state index contributed by atoms with van der Waals surface area (Å²) in [6.45, 7) is 4.56. The number of carbonyl (C=O) groups excluding carboxylic acids is 2. The van der Waals surface area contributed by atoms with Crippen molar-refractivity contribution in [3.8, 4) is 5.69 Å². The van der Waals surface area contributed by atoms with Crippen LogP contribution in [0.3, 0.4) is 0 Å². The highest BCUT2D eigenvalue weighted by molar-refractivity contribution is 5.91. The molecule has 9 heteroatoms. The third-order valence-corrected chi connectivity index (χ3v) is 6.04. The molecule has 1 aromatic heterocycles. The van der Waals surface area contributed by atoms with Gasteiger partial charge in [-0.25, -0.2) is 4.68 Å². The van der Waals surface area contributed by atoms with Crippen LogP contribution in [0.1, 0.15) is 18.5 Å². The predicted molar refractivity (Wildman–Crippen MR) is 109 cm³/mol. The van der Waals surface area contributed by atoms with Gasteiger partial charge in [0.25, 0.3) is 11.8 Å². The number of nitrogens with zero attached hydrogens (tertiary/aromatic N) is 3. The number of nitrogens with one attached hydrogen (secondary N) is 2. The van der Waals surface area contributed by atoms with Crippen molar-refractivity contribution in [3.05, 3.63) is 48.3 Å². The fourth-order valence-electron chi connectivity index (χ4n) is 4.22. The molecule has 0 saturated carbocycles. The summed E-state index contributed by atoms with van der Waals surface area (Å²) in [5.74, 6) is -0.627. The molecule has 0 aliphatic carbocycles. The van der Waals surface area contributed by atoms with Gasteiger partial charge in [0.2, 0.25) is 0 Å². The van der Waals surface area contributed by atoms with E-state index in [-0.39, 0.29) is 0 Å². The Bertz CT molecular complexity index is 873. The summed E-state index contributed by atoms with van der Waals surface area (Å²) in [6, 6.07) is 8.88. The normalized spacial score (nSPS) is 23.6. The van der Waals surface area contributed by atoms with Crippen molar-refractivity contribution >= 4 is 11.8 Å². The minimum Gasteiger partial charge on any atom is -0.380 e. The molecule has 2 amide bonds. The Hall–Kier alpha value is -2.75. The predicted octanol–water partition coefficient (Wildman–Crippen LogP) is -0.551. The smallest absolute Gasteiger partial charge is 0.254 e. The molecule has 160 valence electrons. The van der Waals surface area contributed by atoms with Crippen LogP contribution < -0.4 is 10.6 Å². The summed E-state index contributed by atoms with van der Waals surface area (Å²) >= 11 is 0. The number of fused-ring (bicyclic) bond motifs is 1. The van der Waals surface area contributed by atoms with Crippen LogP contribution in [0.2, 0.25) is 0 Å². The van der Waals surface area contributed by atoms with Crippen molar-refractivity contribution in [1.29, 1.82) is 0 Å². The minimum absolute atomic E-state index is 0.372. The first-order valence-electron chi connectivity index (χ1n) is 10.2. The number of amides is 2. The van der Waals surface area contributed by atoms with Crippen molar-refractivity contribution in [1.82, 2.24) is 25.3 Å². The molecular formula is C21H27N5O4. The van der Waals surface area contributed by atoms with Crippen molar-refractivity contribution in [2.24, 2.45) is 11.8 Å². The van der Waals surface area contributed by atoms with E-state index >= 15 is 0 Å². The second kappa shape index (κ2) is 8.55. The van der Waals surface area contributed by atoms with Crippen LogP contribution in [0.15, 0.2) is 42.7 Å². The van der Waals surface area contributed by atoms with Gasteiger partial charge in [-0.1, -0.05) is 12.1 Å². The van der Waals surface area contributed by atoms with E-state index in [4.69, 9.17) is 0 Å². The lowest BCUT2D eigenvalue weighted by Gasteiger charge is -2.24. The highest BCUT2D eigenvalue weighted by atomic mass is 16.3. The molecule has 4 N–H and O–H groups in total. The van der Waals surface area contributed by atoms with Crippen molar-refractivity contribution in [2.45, 2.75) is 25.2 Å². The molecule has 0 unspecified atom stereocenters. The van der Waals surface area contributed by atoms with Gasteiger partial charge in [0.15, 0.2) is 12.2 Å². The van der Waals surface area contributed by atoms with E-state index < -0.39 is 30.1 Å². The molecule has 9 nitrogen and oxygen atoms in total. The zero-order valence-electron chi connectivity index (χ0n) is 16.8. The molecule has 5 atom stereocenters. The molecule has 2 fully saturated rings. The van der Waals surface area contributed by atoms with Gasteiger partial charge in [-0.15, -0.1) is 0 Å². The molecule has 0 bridgehead atoms. The standard InChI is InChI=1S/C21H27N5O4/c1-13(14-3-5-17(6-4-14)26-8-2-7-23-26)24-20(29)18(27)19(28)21(30)25-11-15-9-22-10-16(15)12-25/h2-8,13,15-16,18-19,22,27-28H,9-12H2,1H3,(H,24,29)/t13-,15-,16+,18-,19-/m1/s1. The lowest BCUT2D eigenvalue weighted by Crippen LogP contribution is -2.51. The zero-order chi connectivity index (χ0) is 21.3. The number of hydrogen-bond donors (Lipinski definition) is 4. The molecule has 2 aromatic rings. The van der Waals surface area contributed by atoms with Gasteiger partial charge >= 0.3 is 0 Å². The lowest BCUT2D eigenvalue weighted by atomic mass is 10.0. The van der Waals surface area contributed by atoms with Crippen molar-refractivity contribution < 1.29 is 19.8 Å². The molecule has 2 aliphatic heterocycles. The Morgan fingerprint density at radius 2 is 1.80 bits per heavy atom. The van der Waals surface area contributed by atoms with Gasteiger partial charge in [0.05, 0.1) is 11.7 Å². The second-order valence-corrected chi connectivity index (χ2v) is 8.08. The van der Waals surface area contributed by atoms with E-state index in [0.717, 1.165) is 24.3 Å². The van der Waals surface area contributed by atoms with E-state index in [1.165, 1.54) is 0 Å². The number of aromatic nitrogens is 2. The lowest BCUT2D eigenvalue weighted by molar-refractivity contribution is -0.152. The molecular weight excluding hydrogens is 386 g/mol. The monoisotopic (exact) mass is 413 g/mol. The summed E-state index contributed by atoms with van der Waals surface area (Å²) < 4.78 is 1.72. The fraction of sp³-hybridized carbons (Fsp3) is 0.476. The zero-order valence-corrected chi connectivity index (χ0v) is 16.8. The second-order valence-electron chi connectivity index (χ2n) is 8.08. The Kier molecular flexibility index (Phi) is 5.85. The van der Waals surface area contributed by atoms with Crippen LogP contribution in [0.4, 0.5) is 0 Å². The summed E-state index contributed by atoms with van der Waals surface area (Å²) in [6.07, 6.45) is -0.0668. The average molecular weight is 413 g/mol. The molecule has 3 heterocycles. The van der Waals surface area contributed by atoms with Gasteiger partial charge < -0.3 is 25.7 Å². The van der Waals surface area contributed by atoms with Gasteiger partial charge in [-0.3, -0.25) is 9.59 Å². The Morgan fingerprint density at radius 3 is 2.40 bits per heavy atom. The van der Waals surface area contributed by atoms with Crippen LogP contribution >= 0.6 is 0 Å². The highest BCUT2D eigenvalue weighted by Crippen LogP contribution is 2.27. The number of rotatable bonds is 6. The van der Waals surface area contributed by atoms with E-state index in [9.17, 15) is 19.8 Å². The van der Waals surface area contributed by atoms with Crippen molar-refractivity contribution in [3.63, 3.8) is 0 Å². The first-order valence-corrected chi connectivity index (χ1v) is 10.2. The molecule has 2 saturated heterocycles. The minimum atomic E-state index is -1.82. The number of aliphatic hydroxyl groups excluding tert-OH is 2. The number of benzene rings is 1. The molecule has 2 aliphatic rings.